The maximum Gasteiger partial charge on any atom is 0.270 e. The molecule has 0 saturated carbocycles. The number of benzene rings is 2. The molecule has 5 aromatic rings. The number of imide groups is 1. The number of hydrogen-bond donors (Lipinski definition) is 3. The summed E-state index contributed by atoms with van der Waals surface area (Å²) in [6, 6.07) is 15.2. The summed E-state index contributed by atoms with van der Waals surface area (Å²) in [4.78, 5) is 47.5. The van der Waals surface area contributed by atoms with Crippen LogP contribution in [0.2, 0.25) is 0 Å². The second kappa shape index (κ2) is 16.2. The number of fused-ring (bicyclic) bond motifs is 1. The third-order valence-corrected chi connectivity index (χ3v) is 12.2. The van der Waals surface area contributed by atoms with Crippen LogP contribution in [0.4, 0.5) is 17.2 Å². The highest BCUT2D eigenvalue weighted by Gasteiger charge is 2.29. The van der Waals surface area contributed by atoms with E-state index in [2.05, 4.69) is 45.3 Å². The van der Waals surface area contributed by atoms with E-state index in [1.54, 1.807) is 47.4 Å². The highest BCUT2D eigenvalue weighted by atomic mass is 32.2. The Labute approximate surface area is 329 Å². The molecule has 298 valence electrons. The third-order valence-electron chi connectivity index (χ3n) is 10.8. The molecule has 3 aliphatic heterocycles. The molecule has 3 aromatic heterocycles. The summed E-state index contributed by atoms with van der Waals surface area (Å²) < 4.78 is 42.8. The second-order valence-electron chi connectivity index (χ2n) is 14.6. The number of carbonyl (C=O) groups is 3. The van der Waals surface area contributed by atoms with Crippen molar-refractivity contribution in [3.05, 3.63) is 84.4 Å². The summed E-state index contributed by atoms with van der Waals surface area (Å²) in [6.45, 7) is 6.54. The molecule has 18 heteroatoms. The van der Waals surface area contributed by atoms with Gasteiger partial charge >= 0.3 is 0 Å². The molecule has 17 nitrogen and oxygen atoms in total. The zero-order chi connectivity index (χ0) is 39.5. The van der Waals surface area contributed by atoms with Crippen molar-refractivity contribution < 1.29 is 32.1 Å². The fraction of sp³-hybridized carbons (Fsp3) is 0.385. The van der Waals surface area contributed by atoms with E-state index < -0.39 is 27.9 Å². The first kappa shape index (κ1) is 37.9. The Kier molecular flexibility index (Phi) is 10.8. The zero-order valence-corrected chi connectivity index (χ0v) is 32.3. The highest BCUT2D eigenvalue weighted by Crippen LogP contribution is 2.35. The van der Waals surface area contributed by atoms with E-state index in [1.807, 2.05) is 30.5 Å². The minimum Gasteiger partial charge on any atom is -0.496 e. The molecule has 3 aliphatic rings. The van der Waals surface area contributed by atoms with Crippen molar-refractivity contribution in [2.24, 2.45) is 5.92 Å². The molecule has 1 unspecified atom stereocenters. The Balaban J connectivity index is 0.816. The number of anilines is 3. The average molecular weight is 797 g/mol. The highest BCUT2D eigenvalue weighted by molar-refractivity contribution is 7.92. The van der Waals surface area contributed by atoms with Gasteiger partial charge in [0.25, 0.3) is 15.9 Å². The number of rotatable bonds is 12. The van der Waals surface area contributed by atoms with Gasteiger partial charge in [0.05, 0.1) is 30.4 Å². The maximum atomic E-state index is 13.7. The first-order valence-corrected chi connectivity index (χ1v) is 20.5. The second-order valence-corrected chi connectivity index (χ2v) is 16.3. The van der Waals surface area contributed by atoms with Gasteiger partial charge in [-0.15, -0.1) is 0 Å². The topological polar surface area (TPSA) is 197 Å². The number of nitrogens with one attached hydrogen (secondary N) is 3. The zero-order valence-electron chi connectivity index (χ0n) is 31.5. The lowest BCUT2D eigenvalue weighted by Crippen LogP contribution is -2.52. The lowest BCUT2D eigenvalue weighted by molar-refractivity contribution is -0.134. The van der Waals surface area contributed by atoms with E-state index in [9.17, 15) is 22.8 Å². The number of nitrogens with zero attached hydrogens (tertiary/aromatic N) is 7. The average Bonchev–Trinajstić information content (AvgIpc) is 3.89. The lowest BCUT2D eigenvalue weighted by atomic mass is 9.95. The molecule has 0 spiro atoms. The molecule has 0 bridgehead atoms. The standard InChI is InChI=1S/C39H44N10O7S/c1-55-33-20-27(25-49-13-3-12-41-49)21-34-36(33)37(44-56-34)45-57(53,54)30-5-2-4-28(22-30)48-18-16-46(17-19-48)24-26-10-14-47(15-11-26)29-6-7-31(40-23-29)38(51)42-32-8-9-35(50)43-39(32)52/h2-7,12-13,20-23,26,32H,8-11,14-19,24-25H2,1H3,(H,42,51)(H,44,45)(H,43,50,52). The monoisotopic (exact) mass is 796 g/mol. The van der Waals surface area contributed by atoms with E-state index in [0.29, 0.717) is 29.2 Å². The van der Waals surface area contributed by atoms with E-state index >= 15 is 0 Å². The SMILES string of the molecule is COc1cc(Cn2cccn2)cc2onc(NS(=O)(=O)c3cccc(N4CCN(CC5CCN(c6ccc(C(=O)NC7CCC(=O)NC7=O)nc6)CC5)CC4)c3)c12. The number of hydrogen-bond acceptors (Lipinski definition) is 13. The predicted octanol–water partition coefficient (Wildman–Crippen LogP) is 2.85. The summed E-state index contributed by atoms with van der Waals surface area (Å²) >= 11 is 0. The quantitative estimate of drug-likeness (QED) is 0.156. The minimum absolute atomic E-state index is 0.0555. The van der Waals surface area contributed by atoms with Crippen LogP contribution in [0, 0.1) is 5.92 Å². The molecule has 3 saturated heterocycles. The number of piperidine rings is 2. The molecule has 3 amide bonds. The van der Waals surface area contributed by atoms with Gasteiger partial charge in [0, 0.05) is 70.3 Å². The van der Waals surface area contributed by atoms with Gasteiger partial charge in [-0.05, 0) is 79.3 Å². The van der Waals surface area contributed by atoms with Crippen LogP contribution in [-0.4, -0.2) is 110 Å². The predicted molar refractivity (Wildman–Crippen MR) is 211 cm³/mol. The summed E-state index contributed by atoms with van der Waals surface area (Å²) in [6.07, 6.45) is 7.77. The Morgan fingerprint density at radius 3 is 2.49 bits per heavy atom. The first-order valence-electron chi connectivity index (χ1n) is 19.0. The number of pyridine rings is 1. The van der Waals surface area contributed by atoms with E-state index in [1.165, 1.54) is 7.11 Å². The molecule has 57 heavy (non-hydrogen) atoms. The van der Waals surface area contributed by atoms with E-state index in [0.717, 1.165) is 75.6 Å². The Bertz CT molecular complexity index is 2350. The van der Waals surface area contributed by atoms with Gasteiger partial charge in [-0.2, -0.15) is 5.10 Å². The van der Waals surface area contributed by atoms with Crippen LogP contribution in [0.1, 0.15) is 41.7 Å². The van der Waals surface area contributed by atoms with Gasteiger partial charge in [-0.1, -0.05) is 11.2 Å². The number of piperazine rings is 1. The number of aromatic nitrogens is 4. The van der Waals surface area contributed by atoms with Crippen molar-refractivity contribution in [2.75, 3.05) is 67.4 Å². The molecule has 3 fully saturated rings. The van der Waals surface area contributed by atoms with E-state index in [4.69, 9.17) is 9.26 Å². The number of ether oxygens (including phenoxy) is 1. The van der Waals surface area contributed by atoms with Crippen LogP contribution in [0.5, 0.6) is 5.75 Å². The maximum absolute atomic E-state index is 13.7. The van der Waals surface area contributed by atoms with Gasteiger partial charge in [-0.3, -0.25) is 34.0 Å². The molecule has 0 radical (unpaired) electrons. The van der Waals surface area contributed by atoms with Gasteiger partial charge in [0.15, 0.2) is 11.4 Å². The molecule has 2 aromatic carbocycles. The van der Waals surface area contributed by atoms with Crippen LogP contribution in [0.3, 0.4) is 0 Å². The Morgan fingerprint density at radius 2 is 1.77 bits per heavy atom. The van der Waals surface area contributed by atoms with Crippen LogP contribution >= 0.6 is 0 Å². The summed E-state index contributed by atoms with van der Waals surface area (Å²) in [5.41, 5.74) is 3.27. The van der Waals surface area contributed by atoms with Crippen molar-refractivity contribution in [1.82, 2.24) is 35.5 Å². The molecular weight excluding hydrogens is 753 g/mol. The number of carbonyl (C=O) groups excluding carboxylic acids is 3. The molecule has 8 rings (SSSR count). The number of methoxy groups -OCH3 is 1. The molecule has 3 N–H and O–H groups in total. The van der Waals surface area contributed by atoms with Crippen molar-refractivity contribution in [2.45, 2.75) is 43.2 Å². The fourth-order valence-corrected chi connectivity index (χ4v) is 8.77. The van der Waals surface area contributed by atoms with Gasteiger partial charge in [-0.25, -0.2) is 13.4 Å². The molecule has 1 atom stereocenters. The Morgan fingerprint density at radius 1 is 0.965 bits per heavy atom. The largest absolute Gasteiger partial charge is 0.496 e. The Hall–Kier alpha value is -6.01. The summed E-state index contributed by atoms with van der Waals surface area (Å²) in [5.74, 6) is -0.229. The van der Waals surface area contributed by atoms with Crippen LogP contribution in [0.25, 0.3) is 11.0 Å². The van der Waals surface area contributed by atoms with E-state index in [-0.39, 0.29) is 35.2 Å². The van der Waals surface area contributed by atoms with Crippen molar-refractivity contribution in [3.63, 3.8) is 0 Å². The van der Waals surface area contributed by atoms with Crippen LogP contribution < -0.4 is 29.9 Å². The molecule has 6 heterocycles. The molecular formula is C39H44N10O7S. The first-order chi connectivity index (χ1) is 27.6. The normalized spacial score (nSPS) is 18.4. The van der Waals surface area contributed by atoms with Crippen molar-refractivity contribution >= 4 is 55.9 Å². The van der Waals surface area contributed by atoms with Crippen LogP contribution in [-0.2, 0) is 26.2 Å². The fourth-order valence-electron chi connectivity index (χ4n) is 7.73. The lowest BCUT2D eigenvalue weighted by Gasteiger charge is -2.40. The minimum atomic E-state index is -4.01. The summed E-state index contributed by atoms with van der Waals surface area (Å²) in [7, 11) is -2.49. The van der Waals surface area contributed by atoms with Gasteiger partial charge < -0.3 is 24.4 Å². The summed E-state index contributed by atoms with van der Waals surface area (Å²) in [5, 5.41) is 13.6. The smallest absolute Gasteiger partial charge is 0.270 e. The van der Waals surface area contributed by atoms with Crippen LogP contribution in [0.15, 0.2) is 82.6 Å². The van der Waals surface area contributed by atoms with Crippen molar-refractivity contribution in [3.8, 4) is 5.75 Å². The number of sulfonamides is 1. The third kappa shape index (κ3) is 8.56. The van der Waals surface area contributed by atoms with Gasteiger partial charge in [0.2, 0.25) is 11.8 Å². The number of amides is 3. The van der Waals surface area contributed by atoms with Gasteiger partial charge in [0.1, 0.15) is 22.9 Å². The van der Waals surface area contributed by atoms with Crippen molar-refractivity contribution in [1.29, 1.82) is 0 Å². The molecule has 0 aliphatic carbocycles.